The van der Waals surface area contributed by atoms with Gasteiger partial charge in [-0.05, 0) is 17.7 Å². The first-order chi connectivity index (χ1) is 11.4. The van der Waals surface area contributed by atoms with Crippen molar-refractivity contribution in [1.29, 1.82) is 0 Å². The number of hydrazone groups is 1. The van der Waals surface area contributed by atoms with Crippen LogP contribution in [0.3, 0.4) is 0 Å². The van der Waals surface area contributed by atoms with Gasteiger partial charge in [0.05, 0.1) is 11.4 Å². The Labute approximate surface area is 135 Å². The highest BCUT2D eigenvalue weighted by Gasteiger charge is 2.32. The van der Waals surface area contributed by atoms with Gasteiger partial charge < -0.3 is 0 Å². The van der Waals surface area contributed by atoms with Gasteiger partial charge in [0.1, 0.15) is 6.04 Å². The van der Waals surface area contributed by atoms with Gasteiger partial charge in [0.15, 0.2) is 0 Å². The van der Waals surface area contributed by atoms with Crippen molar-refractivity contribution in [3.05, 3.63) is 102 Å². The molecular weight excluding hydrogens is 282 g/mol. The molecule has 0 saturated heterocycles. The number of para-hydroxylation sites is 1. The third-order valence-corrected chi connectivity index (χ3v) is 4.01. The van der Waals surface area contributed by atoms with Crippen molar-refractivity contribution in [1.82, 2.24) is 5.53 Å². The van der Waals surface area contributed by atoms with Gasteiger partial charge in [0, 0.05) is 5.56 Å². The minimum atomic E-state index is 0.0426. The van der Waals surface area contributed by atoms with Gasteiger partial charge in [0.25, 0.3) is 0 Å². The molecule has 3 aromatic carbocycles. The predicted molar refractivity (Wildman–Crippen MR) is 94.2 cm³/mol. The fourth-order valence-electron chi connectivity index (χ4n) is 2.92. The Morgan fingerprint density at radius 2 is 1.26 bits per heavy atom. The average Bonchev–Trinajstić information content (AvgIpc) is 3.09. The van der Waals surface area contributed by atoms with E-state index in [1.165, 1.54) is 5.56 Å². The van der Waals surface area contributed by atoms with Gasteiger partial charge in [-0.15, -0.1) is 0 Å². The second-order valence-corrected chi connectivity index (χ2v) is 5.48. The van der Waals surface area contributed by atoms with E-state index in [1.54, 1.807) is 0 Å². The first-order valence-corrected chi connectivity index (χ1v) is 7.71. The number of anilines is 1. The minimum Gasteiger partial charge on any atom is -0.259 e. The number of hydrogen-bond donors (Lipinski definition) is 1. The van der Waals surface area contributed by atoms with Crippen LogP contribution in [-0.4, -0.2) is 5.71 Å². The number of nitrogens with zero attached hydrogens (tertiary/aromatic N) is 2. The maximum Gasteiger partial charge on any atom is 0.121 e. The molecule has 112 valence electrons. The zero-order chi connectivity index (χ0) is 15.5. The zero-order valence-electron chi connectivity index (χ0n) is 12.6. The van der Waals surface area contributed by atoms with E-state index in [1.807, 2.05) is 42.5 Å². The molecule has 0 bridgehead atoms. The van der Waals surface area contributed by atoms with Crippen LogP contribution in [0.4, 0.5) is 5.69 Å². The summed E-state index contributed by atoms with van der Waals surface area (Å²) in [5.74, 6) is 0. The van der Waals surface area contributed by atoms with E-state index in [4.69, 9.17) is 0 Å². The largest absolute Gasteiger partial charge is 0.259 e. The monoisotopic (exact) mass is 299 g/mol. The Bertz CT molecular complexity index is 798. The first kappa shape index (κ1) is 13.6. The van der Waals surface area contributed by atoms with Gasteiger partial charge in [-0.2, -0.15) is 5.10 Å². The van der Waals surface area contributed by atoms with Gasteiger partial charge >= 0.3 is 0 Å². The minimum absolute atomic E-state index is 0.0426. The lowest BCUT2D eigenvalue weighted by molar-refractivity contribution is 0.679. The van der Waals surface area contributed by atoms with Crippen molar-refractivity contribution in [2.24, 2.45) is 5.10 Å². The quantitative estimate of drug-likeness (QED) is 0.786. The second-order valence-electron chi connectivity index (χ2n) is 5.48. The fourth-order valence-corrected chi connectivity index (χ4v) is 2.92. The SMILES string of the molecule is c1ccc(C2=NNN(c3ccccc3)C2c2ccccc2)cc1. The molecule has 3 nitrogen and oxygen atoms in total. The summed E-state index contributed by atoms with van der Waals surface area (Å²) in [7, 11) is 0. The highest BCUT2D eigenvalue weighted by Crippen LogP contribution is 2.32. The molecule has 0 aromatic heterocycles. The van der Waals surface area contributed by atoms with Crippen molar-refractivity contribution < 1.29 is 0 Å². The maximum atomic E-state index is 4.61. The van der Waals surface area contributed by atoms with Crippen LogP contribution in [0.5, 0.6) is 0 Å². The fraction of sp³-hybridized carbons (Fsp3) is 0.0500. The Morgan fingerprint density at radius 3 is 1.91 bits per heavy atom. The van der Waals surface area contributed by atoms with Crippen molar-refractivity contribution in [2.75, 3.05) is 5.01 Å². The van der Waals surface area contributed by atoms with Crippen LogP contribution in [-0.2, 0) is 0 Å². The molecule has 0 saturated carbocycles. The molecule has 0 radical (unpaired) electrons. The number of rotatable bonds is 3. The lowest BCUT2D eigenvalue weighted by Gasteiger charge is -2.27. The first-order valence-electron chi connectivity index (χ1n) is 7.71. The molecule has 1 atom stereocenters. The lowest BCUT2D eigenvalue weighted by Crippen LogP contribution is -2.34. The van der Waals surface area contributed by atoms with Crippen LogP contribution < -0.4 is 10.5 Å². The number of hydrogen-bond acceptors (Lipinski definition) is 3. The van der Waals surface area contributed by atoms with E-state index in [9.17, 15) is 0 Å². The standard InChI is InChI=1S/C20H17N3/c1-4-10-16(11-5-1)19-20(17-12-6-2-7-13-17)23(22-21-19)18-14-8-3-9-15-18/h1-15,20,22H. The summed E-state index contributed by atoms with van der Waals surface area (Å²) in [4.78, 5) is 0. The Hall–Kier alpha value is -3.07. The van der Waals surface area contributed by atoms with Gasteiger partial charge in [0.2, 0.25) is 0 Å². The molecule has 3 aromatic rings. The van der Waals surface area contributed by atoms with Crippen molar-refractivity contribution in [3.8, 4) is 0 Å². The Balaban J connectivity index is 1.79. The van der Waals surface area contributed by atoms with Crippen LogP contribution in [0.25, 0.3) is 0 Å². The van der Waals surface area contributed by atoms with Crippen molar-refractivity contribution in [3.63, 3.8) is 0 Å². The summed E-state index contributed by atoms with van der Waals surface area (Å²) >= 11 is 0. The summed E-state index contributed by atoms with van der Waals surface area (Å²) < 4.78 is 0. The Kier molecular flexibility index (Phi) is 3.53. The molecule has 0 amide bonds. The van der Waals surface area contributed by atoms with E-state index in [-0.39, 0.29) is 6.04 Å². The number of nitrogens with one attached hydrogen (secondary N) is 1. The van der Waals surface area contributed by atoms with E-state index < -0.39 is 0 Å². The molecule has 3 heteroatoms. The van der Waals surface area contributed by atoms with Crippen LogP contribution >= 0.6 is 0 Å². The zero-order valence-corrected chi connectivity index (χ0v) is 12.6. The van der Waals surface area contributed by atoms with Crippen LogP contribution in [0.15, 0.2) is 96.1 Å². The van der Waals surface area contributed by atoms with Crippen LogP contribution in [0.2, 0.25) is 0 Å². The summed E-state index contributed by atoms with van der Waals surface area (Å²) in [5, 5.41) is 6.72. The van der Waals surface area contributed by atoms with E-state index in [0.29, 0.717) is 0 Å². The summed E-state index contributed by atoms with van der Waals surface area (Å²) in [6.45, 7) is 0. The summed E-state index contributed by atoms with van der Waals surface area (Å²) in [6.07, 6.45) is 0. The van der Waals surface area contributed by atoms with Gasteiger partial charge in [-0.1, -0.05) is 78.9 Å². The lowest BCUT2D eigenvalue weighted by atomic mass is 9.96. The number of hydrazine groups is 1. The normalized spacial score (nSPS) is 16.8. The molecule has 1 heterocycles. The Morgan fingerprint density at radius 1 is 0.696 bits per heavy atom. The van der Waals surface area contributed by atoms with Crippen molar-refractivity contribution in [2.45, 2.75) is 6.04 Å². The molecule has 23 heavy (non-hydrogen) atoms. The topological polar surface area (TPSA) is 27.6 Å². The van der Waals surface area contributed by atoms with Gasteiger partial charge in [-0.3, -0.25) is 5.01 Å². The highest BCUT2D eigenvalue weighted by atomic mass is 15.7. The molecule has 4 rings (SSSR count). The molecule has 1 aliphatic rings. The molecule has 0 spiro atoms. The van der Waals surface area contributed by atoms with E-state index in [2.05, 4.69) is 64.2 Å². The molecular formula is C20H17N3. The molecule has 1 aliphatic heterocycles. The predicted octanol–water partition coefficient (Wildman–Crippen LogP) is 4.16. The average molecular weight is 299 g/mol. The summed E-state index contributed by atoms with van der Waals surface area (Å²) in [5.41, 5.74) is 7.66. The van der Waals surface area contributed by atoms with Gasteiger partial charge in [-0.25, -0.2) is 5.53 Å². The van der Waals surface area contributed by atoms with Crippen molar-refractivity contribution >= 4 is 11.4 Å². The third kappa shape index (κ3) is 2.57. The molecule has 0 aliphatic carbocycles. The number of benzene rings is 3. The second kappa shape index (κ2) is 5.97. The molecule has 1 unspecified atom stereocenters. The summed E-state index contributed by atoms with van der Waals surface area (Å²) in [6, 6.07) is 31.1. The van der Waals surface area contributed by atoms with Crippen LogP contribution in [0.1, 0.15) is 17.2 Å². The third-order valence-electron chi connectivity index (χ3n) is 4.01. The molecule has 1 N–H and O–H groups in total. The van der Waals surface area contributed by atoms with Crippen LogP contribution in [0, 0.1) is 0 Å². The smallest absolute Gasteiger partial charge is 0.121 e. The maximum absolute atomic E-state index is 4.61. The van der Waals surface area contributed by atoms with E-state index in [0.717, 1.165) is 17.0 Å². The van der Waals surface area contributed by atoms with E-state index >= 15 is 0 Å². The molecule has 0 fully saturated rings. The highest BCUT2D eigenvalue weighted by molar-refractivity contribution is 6.07.